The van der Waals surface area contributed by atoms with Crippen molar-refractivity contribution < 1.29 is 9.13 Å². The number of methoxy groups -OCH3 is 1. The van der Waals surface area contributed by atoms with E-state index < -0.39 is 0 Å². The molecule has 1 atom stereocenters. The Morgan fingerprint density at radius 3 is 3.00 bits per heavy atom. The molecular formula is C13H19FN2OS. The molecule has 1 saturated heterocycles. The summed E-state index contributed by atoms with van der Waals surface area (Å²) in [5.41, 5.74) is 6.15. The molecule has 2 rings (SSSR count). The lowest BCUT2D eigenvalue weighted by Crippen LogP contribution is -2.49. The van der Waals surface area contributed by atoms with Crippen LogP contribution in [-0.4, -0.2) is 30.7 Å². The first-order valence-electron chi connectivity index (χ1n) is 6.09. The third-order valence-electron chi connectivity index (χ3n) is 3.29. The predicted molar refractivity (Wildman–Crippen MR) is 74.9 cm³/mol. The number of halogens is 1. The predicted octanol–water partition coefficient (Wildman–Crippen LogP) is 2.47. The fraction of sp³-hybridized carbons (Fsp3) is 0.538. The zero-order valence-corrected chi connectivity index (χ0v) is 11.4. The average Bonchev–Trinajstić information content (AvgIpc) is 2.42. The second kappa shape index (κ2) is 5.80. The van der Waals surface area contributed by atoms with Crippen molar-refractivity contribution in [3.63, 3.8) is 0 Å². The second-order valence-electron chi connectivity index (χ2n) is 4.61. The largest absolute Gasteiger partial charge is 0.497 e. The van der Waals surface area contributed by atoms with Gasteiger partial charge in [0.1, 0.15) is 11.6 Å². The Bertz CT molecular complexity index is 408. The number of rotatable bonds is 4. The number of hydrogen-bond donors (Lipinski definition) is 2. The number of nitrogens with one attached hydrogen (secondary N) is 1. The quantitative estimate of drug-likeness (QED) is 0.882. The van der Waals surface area contributed by atoms with Gasteiger partial charge in [0, 0.05) is 18.4 Å². The van der Waals surface area contributed by atoms with Crippen molar-refractivity contribution in [2.24, 2.45) is 5.73 Å². The summed E-state index contributed by atoms with van der Waals surface area (Å²) in [7, 11) is 1.58. The minimum Gasteiger partial charge on any atom is -0.497 e. The van der Waals surface area contributed by atoms with Crippen LogP contribution >= 0.6 is 11.8 Å². The molecule has 18 heavy (non-hydrogen) atoms. The fourth-order valence-corrected chi connectivity index (χ4v) is 3.39. The Labute approximate surface area is 111 Å². The maximum absolute atomic E-state index is 13.8. The van der Waals surface area contributed by atoms with Crippen LogP contribution in [0.1, 0.15) is 12.8 Å². The van der Waals surface area contributed by atoms with Crippen molar-refractivity contribution in [1.82, 2.24) is 0 Å². The molecule has 1 fully saturated rings. The molecule has 100 valence electrons. The van der Waals surface area contributed by atoms with Crippen LogP contribution in [0, 0.1) is 5.82 Å². The molecule has 1 unspecified atom stereocenters. The van der Waals surface area contributed by atoms with Gasteiger partial charge < -0.3 is 15.8 Å². The van der Waals surface area contributed by atoms with E-state index in [1.165, 1.54) is 6.07 Å². The number of anilines is 1. The highest BCUT2D eigenvalue weighted by Crippen LogP contribution is 2.31. The molecule has 3 N–H and O–H groups in total. The van der Waals surface area contributed by atoms with Gasteiger partial charge in [-0.25, -0.2) is 4.39 Å². The van der Waals surface area contributed by atoms with Crippen LogP contribution in [0.4, 0.5) is 10.1 Å². The molecule has 0 spiro atoms. The number of ether oxygens (including phenoxy) is 1. The molecule has 1 aliphatic heterocycles. The smallest absolute Gasteiger partial charge is 0.146 e. The lowest BCUT2D eigenvalue weighted by atomic mass is 9.95. The highest BCUT2D eigenvalue weighted by atomic mass is 32.2. The lowest BCUT2D eigenvalue weighted by molar-refractivity contribution is 0.413. The molecule has 1 aromatic rings. The topological polar surface area (TPSA) is 47.3 Å². The average molecular weight is 270 g/mol. The molecule has 0 saturated carbocycles. The molecule has 0 aliphatic carbocycles. The summed E-state index contributed by atoms with van der Waals surface area (Å²) in [5, 5.41) is 3.29. The van der Waals surface area contributed by atoms with E-state index in [0.717, 1.165) is 24.3 Å². The van der Waals surface area contributed by atoms with Crippen molar-refractivity contribution in [2.75, 3.05) is 30.5 Å². The molecule has 5 heteroatoms. The van der Waals surface area contributed by atoms with E-state index in [-0.39, 0.29) is 11.4 Å². The maximum Gasteiger partial charge on any atom is 0.146 e. The normalized spacial score (nSPS) is 23.7. The number of nitrogens with two attached hydrogens (primary N) is 1. The van der Waals surface area contributed by atoms with E-state index in [9.17, 15) is 4.39 Å². The van der Waals surface area contributed by atoms with Gasteiger partial charge in [0.25, 0.3) is 0 Å². The van der Waals surface area contributed by atoms with Gasteiger partial charge in [0.05, 0.1) is 18.3 Å². The van der Waals surface area contributed by atoms with Crippen LogP contribution in [0.2, 0.25) is 0 Å². The first-order chi connectivity index (χ1) is 8.69. The Kier molecular flexibility index (Phi) is 4.35. The van der Waals surface area contributed by atoms with E-state index in [1.54, 1.807) is 19.2 Å². The van der Waals surface area contributed by atoms with Crippen LogP contribution in [-0.2, 0) is 0 Å². The van der Waals surface area contributed by atoms with Crippen molar-refractivity contribution >= 4 is 17.4 Å². The van der Waals surface area contributed by atoms with E-state index >= 15 is 0 Å². The fourth-order valence-electron chi connectivity index (χ4n) is 2.18. The van der Waals surface area contributed by atoms with Crippen molar-refractivity contribution in [3.8, 4) is 5.75 Å². The summed E-state index contributed by atoms with van der Waals surface area (Å²) in [6, 6.07) is 4.72. The first kappa shape index (κ1) is 13.5. The van der Waals surface area contributed by atoms with Gasteiger partial charge in [0.2, 0.25) is 0 Å². The zero-order valence-electron chi connectivity index (χ0n) is 10.5. The molecule has 1 aliphatic rings. The molecular weight excluding hydrogens is 251 g/mol. The van der Waals surface area contributed by atoms with Gasteiger partial charge in [-0.2, -0.15) is 11.8 Å². The Morgan fingerprint density at radius 1 is 1.56 bits per heavy atom. The van der Waals surface area contributed by atoms with Crippen molar-refractivity contribution in [2.45, 2.75) is 18.4 Å². The minimum absolute atomic E-state index is 0.198. The van der Waals surface area contributed by atoms with Gasteiger partial charge in [-0.15, -0.1) is 0 Å². The van der Waals surface area contributed by atoms with Crippen LogP contribution in [0.15, 0.2) is 18.2 Å². The Hall–Kier alpha value is -0.940. The van der Waals surface area contributed by atoms with Crippen LogP contribution < -0.4 is 15.8 Å². The molecule has 0 amide bonds. The van der Waals surface area contributed by atoms with Gasteiger partial charge >= 0.3 is 0 Å². The first-order valence-corrected chi connectivity index (χ1v) is 7.24. The molecule has 0 aromatic heterocycles. The third kappa shape index (κ3) is 2.90. The zero-order chi connectivity index (χ0) is 13.0. The molecule has 1 heterocycles. The van der Waals surface area contributed by atoms with Crippen molar-refractivity contribution in [1.29, 1.82) is 0 Å². The standard InChI is InChI=1S/C13H19FN2OS/c1-17-10-3-4-11(14)12(7-10)16-13(8-15)5-2-6-18-9-13/h3-4,7,16H,2,5-6,8-9,15H2,1H3. The SMILES string of the molecule is COc1ccc(F)c(NC2(CN)CCCSC2)c1. The minimum atomic E-state index is -0.265. The van der Waals surface area contributed by atoms with Crippen LogP contribution in [0.25, 0.3) is 0 Å². The molecule has 3 nitrogen and oxygen atoms in total. The van der Waals surface area contributed by atoms with Crippen LogP contribution in [0.5, 0.6) is 5.75 Å². The van der Waals surface area contributed by atoms with Crippen molar-refractivity contribution in [3.05, 3.63) is 24.0 Å². The molecule has 0 radical (unpaired) electrons. The summed E-state index contributed by atoms with van der Waals surface area (Å²) in [6.45, 7) is 0.511. The highest BCUT2D eigenvalue weighted by Gasteiger charge is 2.31. The van der Waals surface area contributed by atoms with E-state index in [2.05, 4.69) is 5.32 Å². The number of hydrogen-bond acceptors (Lipinski definition) is 4. The summed E-state index contributed by atoms with van der Waals surface area (Å²) >= 11 is 1.87. The highest BCUT2D eigenvalue weighted by molar-refractivity contribution is 7.99. The van der Waals surface area contributed by atoms with Gasteiger partial charge in [-0.05, 0) is 30.7 Å². The Morgan fingerprint density at radius 2 is 2.39 bits per heavy atom. The molecule has 0 bridgehead atoms. The Balaban J connectivity index is 2.20. The summed E-state index contributed by atoms with van der Waals surface area (Å²) in [6.07, 6.45) is 2.09. The third-order valence-corrected chi connectivity index (χ3v) is 4.62. The monoisotopic (exact) mass is 270 g/mol. The summed E-state index contributed by atoms with van der Waals surface area (Å²) in [5.74, 6) is 2.46. The lowest BCUT2D eigenvalue weighted by Gasteiger charge is -2.37. The van der Waals surface area contributed by atoms with E-state index in [0.29, 0.717) is 18.0 Å². The molecule has 1 aromatic carbocycles. The summed E-state index contributed by atoms with van der Waals surface area (Å²) in [4.78, 5) is 0. The second-order valence-corrected chi connectivity index (χ2v) is 5.72. The van der Waals surface area contributed by atoms with E-state index in [1.807, 2.05) is 11.8 Å². The van der Waals surface area contributed by atoms with Gasteiger partial charge in [-0.1, -0.05) is 0 Å². The maximum atomic E-state index is 13.8. The summed E-state index contributed by atoms with van der Waals surface area (Å²) < 4.78 is 18.9. The van der Waals surface area contributed by atoms with Crippen LogP contribution in [0.3, 0.4) is 0 Å². The van der Waals surface area contributed by atoms with Gasteiger partial charge in [-0.3, -0.25) is 0 Å². The number of thioether (sulfide) groups is 1. The van der Waals surface area contributed by atoms with E-state index in [4.69, 9.17) is 10.5 Å². The number of benzene rings is 1. The van der Waals surface area contributed by atoms with Gasteiger partial charge in [0.15, 0.2) is 0 Å².